The fourth-order valence-corrected chi connectivity index (χ4v) is 3.48. The highest BCUT2D eigenvalue weighted by molar-refractivity contribution is 7.84. The van der Waals surface area contributed by atoms with Crippen molar-refractivity contribution < 1.29 is 13.4 Å². The molecule has 1 atom stereocenters. The van der Waals surface area contributed by atoms with E-state index in [0.29, 0.717) is 12.3 Å². The van der Waals surface area contributed by atoms with Crippen LogP contribution >= 0.6 is 0 Å². The molecule has 3 aromatic rings. The summed E-state index contributed by atoms with van der Waals surface area (Å²) in [6, 6.07) is 18.9. The lowest BCUT2D eigenvalue weighted by molar-refractivity contribution is 0.0921. The highest BCUT2D eigenvalue weighted by Crippen LogP contribution is 2.16. The molecule has 4 nitrogen and oxygen atoms in total. The Bertz CT molecular complexity index is 911. The Morgan fingerprint density at radius 3 is 2.19 bits per heavy atom. The van der Waals surface area contributed by atoms with Gasteiger partial charge < -0.3 is 9.73 Å². The van der Waals surface area contributed by atoms with Gasteiger partial charge in [0.2, 0.25) is 0 Å². The molecule has 0 saturated carbocycles. The van der Waals surface area contributed by atoms with E-state index in [-0.39, 0.29) is 17.4 Å². The van der Waals surface area contributed by atoms with Crippen molar-refractivity contribution in [1.29, 1.82) is 0 Å². The standard InChI is InChI=1S/C21H21NO3S/c1-15-3-7-17(8-4-15)13-22-21(23)20-12-9-18(25-20)14-26(24)19-10-5-16(2)6-11-19/h3-12H,13-14H2,1-2H3,(H,22,23). The predicted octanol–water partition coefficient (Wildman–Crippen LogP) is 4.13. The molecule has 1 unspecified atom stereocenters. The molecule has 0 aliphatic carbocycles. The number of aryl methyl sites for hydroxylation is 2. The largest absolute Gasteiger partial charge is 0.455 e. The zero-order valence-corrected chi connectivity index (χ0v) is 15.6. The second-order valence-corrected chi connectivity index (χ2v) is 7.69. The van der Waals surface area contributed by atoms with E-state index in [1.54, 1.807) is 12.1 Å². The van der Waals surface area contributed by atoms with Crippen molar-refractivity contribution >= 4 is 16.7 Å². The molecule has 1 amide bonds. The van der Waals surface area contributed by atoms with E-state index in [0.717, 1.165) is 16.0 Å². The van der Waals surface area contributed by atoms with E-state index in [2.05, 4.69) is 5.32 Å². The summed E-state index contributed by atoms with van der Waals surface area (Å²) < 4.78 is 18.0. The van der Waals surface area contributed by atoms with E-state index in [9.17, 15) is 9.00 Å². The number of benzene rings is 2. The summed E-state index contributed by atoms with van der Waals surface area (Å²) in [5.41, 5.74) is 3.32. The average Bonchev–Trinajstić information content (AvgIpc) is 3.10. The summed E-state index contributed by atoms with van der Waals surface area (Å²) in [4.78, 5) is 13.0. The average molecular weight is 367 g/mol. The molecule has 134 valence electrons. The van der Waals surface area contributed by atoms with Gasteiger partial charge in [-0.15, -0.1) is 0 Å². The Kier molecular flexibility index (Phi) is 5.68. The second-order valence-electron chi connectivity index (χ2n) is 6.24. The van der Waals surface area contributed by atoms with E-state index in [1.165, 1.54) is 5.56 Å². The lowest BCUT2D eigenvalue weighted by Gasteiger charge is -2.04. The van der Waals surface area contributed by atoms with Crippen molar-refractivity contribution in [2.45, 2.75) is 31.0 Å². The Morgan fingerprint density at radius 2 is 1.54 bits per heavy atom. The number of furan rings is 1. The van der Waals surface area contributed by atoms with Gasteiger partial charge in [-0.3, -0.25) is 9.00 Å². The molecule has 5 heteroatoms. The van der Waals surface area contributed by atoms with Crippen LogP contribution < -0.4 is 5.32 Å². The van der Waals surface area contributed by atoms with Gasteiger partial charge in [-0.2, -0.15) is 0 Å². The smallest absolute Gasteiger partial charge is 0.287 e. The number of amides is 1. The molecule has 1 N–H and O–H groups in total. The molecular formula is C21H21NO3S. The van der Waals surface area contributed by atoms with Gasteiger partial charge in [0.05, 0.1) is 16.6 Å². The third-order valence-corrected chi connectivity index (χ3v) is 5.36. The molecule has 3 rings (SSSR count). The Morgan fingerprint density at radius 1 is 0.923 bits per heavy atom. The summed E-state index contributed by atoms with van der Waals surface area (Å²) in [6.45, 7) is 4.44. The molecular weight excluding hydrogens is 346 g/mol. The van der Waals surface area contributed by atoms with Gasteiger partial charge in [-0.25, -0.2) is 0 Å². The van der Waals surface area contributed by atoms with Crippen molar-refractivity contribution in [3.8, 4) is 0 Å². The van der Waals surface area contributed by atoms with Crippen LogP contribution in [-0.2, 0) is 23.1 Å². The third kappa shape index (κ3) is 4.70. The predicted molar refractivity (Wildman–Crippen MR) is 102 cm³/mol. The van der Waals surface area contributed by atoms with Gasteiger partial charge in [-0.05, 0) is 43.7 Å². The molecule has 0 aliphatic heterocycles. The summed E-state index contributed by atoms with van der Waals surface area (Å²) in [7, 11) is -1.20. The molecule has 0 bridgehead atoms. The molecule has 0 fully saturated rings. The van der Waals surface area contributed by atoms with Crippen LogP contribution in [0.4, 0.5) is 0 Å². The monoisotopic (exact) mass is 367 g/mol. The number of rotatable bonds is 6. The first-order valence-corrected chi connectivity index (χ1v) is 9.70. The maximum absolute atomic E-state index is 12.4. The third-order valence-electron chi connectivity index (χ3n) is 4.02. The first-order chi connectivity index (χ1) is 12.5. The van der Waals surface area contributed by atoms with Crippen molar-refractivity contribution in [1.82, 2.24) is 5.32 Å². The quantitative estimate of drug-likeness (QED) is 0.712. The van der Waals surface area contributed by atoms with Crippen molar-refractivity contribution in [2.75, 3.05) is 0 Å². The number of hydrogen-bond donors (Lipinski definition) is 1. The Labute approximate surface area is 155 Å². The Balaban J connectivity index is 1.58. The zero-order chi connectivity index (χ0) is 18.5. The maximum Gasteiger partial charge on any atom is 0.287 e. The van der Waals surface area contributed by atoms with Gasteiger partial charge in [0, 0.05) is 11.4 Å². The number of hydrogen-bond acceptors (Lipinski definition) is 3. The molecule has 1 heterocycles. The summed E-state index contributed by atoms with van der Waals surface area (Å²) >= 11 is 0. The summed E-state index contributed by atoms with van der Waals surface area (Å²) in [5, 5.41) is 2.83. The van der Waals surface area contributed by atoms with Crippen LogP contribution in [0.25, 0.3) is 0 Å². The molecule has 2 aromatic carbocycles. The minimum Gasteiger partial charge on any atom is -0.455 e. The summed E-state index contributed by atoms with van der Waals surface area (Å²) in [6.07, 6.45) is 0. The fourth-order valence-electron chi connectivity index (χ4n) is 2.46. The van der Waals surface area contributed by atoms with E-state index >= 15 is 0 Å². The van der Waals surface area contributed by atoms with Gasteiger partial charge in [0.15, 0.2) is 5.76 Å². The minimum atomic E-state index is -1.20. The highest BCUT2D eigenvalue weighted by Gasteiger charge is 2.13. The lowest BCUT2D eigenvalue weighted by Crippen LogP contribution is -2.22. The van der Waals surface area contributed by atoms with Crippen LogP contribution in [0.15, 0.2) is 70.0 Å². The molecule has 0 spiro atoms. The van der Waals surface area contributed by atoms with E-state index in [4.69, 9.17) is 4.42 Å². The van der Waals surface area contributed by atoms with Gasteiger partial charge in [0.1, 0.15) is 5.76 Å². The molecule has 26 heavy (non-hydrogen) atoms. The van der Waals surface area contributed by atoms with E-state index < -0.39 is 10.8 Å². The van der Waals surface area contributed by atoms with Crippen LogP contribution in [0, 0.1) is 13.8 Å². The fraction of sp³-hybridized carbons (Fsp3) is 0.190. The maximum atomic E-state index is 12.4. The van der Waals surface area contributed by atoms with Crippen molar-refractivity contribution in [3.05, 3.63) is 88.9 Å². The number of carbonyl (C=O) groups excluding carboxylic acids is 1. The Hall–Kier alpha value is -2.66. The van der Waals surface area contributed by atoms with Gasteiger partial charge in [0.25, 0.3) is 5.91 Å². The van der Waals surface area contributed by atoms with Crippen LogP contribution in [0.3, 0.4) is 0 Å². The molecule has 0 saturated heterocycles. The molecule has 0 aliphatic rings. The van der Waals surface area contributed by atoms with Gasteiger partial charge >= 0.3 is 0 Å². The highest BCUT2D eigenvalue weighted by atomic mass is 32.2. The van der Waals surface area contributed by atoms with Crippen LogP contribution in [0.5, 0.6) is 0 Å². The SMILES string of the molecule is Cc1ccc(CNC(=O)c2ccc(CS(=O)c3ccc(C)cc3)o2)cc1. The minimum absolute atomic E-state index is 0.230. The van der Waals surface area contributed by atoms with Gasteiger partial charge in [-0.1, -0.05) is 47.5 Å². The molecule has 0 radical (unpaired) electrons. The summed E-state index contributed by atoms with van der Waals surface area (Å²) in [5.74, 6) is 0.726. The topological polar surface area (TPSA) is 59.3 Å². The van der Waals surface area contributed by atoms with Crippen LogP contribution in [0.1, 0.15) is 33.0 Å². The first-order valence-electron chi connectivity index (χ1n) is 8.39. The lowest BCUT2D eigenvalue weighted by atomic mass is 10.1. The van der Waals surface area contributed by atoms with E-state index in [1.807, 2.05) is 62.4 Å². The number of nitrogens with one attached hydrogen (secondary N) is 1. The van der Waals surface area contributed by atoms with Crippen LogP contribution in [0.2, 0.25) is 0 Å². The number of carbonyl (C=O) groups is 1. The normalized spacial score (nSPS) is 11.9. The molecule has 1 aromatic heterocycles. The van der Waals surface area contributed by atoms with Crippen molar-refractivity contribution in [3.63, 3.8) is 0 Å². The zero-order valence-electron chi connectivity index (χ0n) is 14.8. The van der Waals surface area contributed by atoms with Crippen molar-refractivity contribution in [2.24, 2.45) is 0 Å². The van der Waals surface area contributed by atoms with Crippen LogP contribution in [-0.4, -0.2) is 10.1 Å². The second kappa shape index (κ2) is 8.15. The first kappa shape index (κ1) is 18.1.